The van der Waals surface area contributed by atoms with Crippen molar-refractivity contribution in [3.63, 3.8) is 0 Å². The van der Waals surface area contributed by atoms with Gasteiger partial charge in [0.15, 0.2) is 5.82 Å². The molecule has 0 aromatic carbocycles. The second kappa shape index (κ2) is 8.52. The standard InChI is InChI=1S/C16H17ClN8O2S/c1-8-10(5-21-28(26)27)3-12(7-19-8)24-14-13(4-11(17)6-20-14)15-22-9(2)23-16(18)25-15/h3-4,6-7,21H,5H2,1-2H3,(H,20,24)(H,26,27)(H2,18,22,23,25)/p-1. The molecule has 0 radical (unpaired) electrons. The molecule has 0 saturated carbocycles. The van der Waals surface area contributed by atoms with Gasteiger partial charge in [-0.1, -0.05) is 11.6 Å². The highest BCUT2D eigenvalue weighted by molar-refractivity contribution is 7.77. The zero-order valence-corrected chi connectivity index (χ0v) is 16.5. The molecule has 0 fully saturated rings. The molecule has 0 aliphatic carbocycles. The van der Waals surface area contributed by atoms with E-state index in [1.807, 2.05) is 0 Å². The molecule has 10 nitrogen and oxygen atoms in total. The van der Waals surface area contributed by atoms with Crippen LogP contribution in [0.15, 0.2) is 24.5 Å². The zero-order chi connectivity index (χ0) is 20.3. The molecule has 3 aromatic heterocycles. The van der Waals surface area contributed by atoms with Crippen molar-refractivity contribution in [2.45, 2.75) is 20.4 Å². The summed E-state index contributed by atoms with van der Waals surface area (Å²) < 4.78 is 23.8. The van der Waals surface area contributed by atoms with Gasteiger partial charge in [-0.25, -0.2) is 14.7 Å². The van der Waals surface area contributed by atoms with Crippen LogP contribution in [0.25, 0.3) is 11.4 Å². The van der Waals surface area contributed by atoms with Gasteiger partial charge < -0.3 is 15.6 Å². The van der Waals surface area contributed by atoms with E-state index in [1.54, 1.807) is 32.2 Å². The summed E-state index contributed by atoms with van der Waals surface area (Å²) in [5.41, 5.74) is 8.28. The fourth-order valence-corrected chi connectivity index (χ4v) is 2.86. The monoisotopic (exact) mass is 419 g/mol. The first-order valence-corrected chi connectivity index (χ1v) is 9.46. The Morgan fingerprint density at radius 2 is 1.96 bits per heavy atom. The van der Waals surface area contributed by atoms with Gasteiger partial charge >= 0.3 is 0 Å². The van der Waals surface area contributed by atoms with Crippen molar-refractivity contribution in [3.05, 3.63) is 46.6 Å². The van der Waals surface area contributed by atoms with Crippen molar-refractivity contribution in [2.24, 2.45) is 0 Å². The minimum absolute atomic E-state index is 0.0874. The van der Waals surface area contributed by atoms with Gasteiger partial charge in [0.05, 0.1) is 22.5 Å². The number of nitrogens with one attached hydrogen (secondary N) is 2. The number of rotatable bonds is 6. The molecular formula is C16H16ClN8O2S-. The summed E-state index contributed by atoms with van der Waals surface area (Å²) in [4.78, 5) is 21.0. The normalized spacial score (nSPS) is 12.0. The number of aryl methyl sites for hydroxylation is 2. The lowest BCUT2D eigenvalue weighted by Crippen LogP contribution is -2.16. The van der Waals surface area contributed by atoms with E-state index < -0.39 is 11.3 Å². The molecular weight excluding hydrogens is 404 g/mol. The smallest absolute Gasteiger partial charge is 0.223 e. The van der Waals surface area contributed by atoms with Crippen molar-refractivity contribution in [1.29, 1.82) is 0 Å². The third-order valence-electron chi connectivity index (χ3n) is 3.69. The maximum Gasteiger partial charge on any atom is 0.223 e. The number of hydrogen-bond donors (Lipinski definition) is 3. The van der Waals surface area contributed by atoms with Gasteiger partial charge in [0, 0.05) is 29.7 Å². The fraction of sp³-hybridized carbons (Fsp3) is 0.188. The molecule has 12 heteroatoms. The van der Waals surface area contributed by atoms with Crippen LogP contribution in [0.1, 0.15) is 17.1 Å². The molecule has 3 heterocycles. The average Bonchev–Trinajstić information content (AvgIpc) is 2.62. The maximum atomic E-state index is 10.7. The molecule has 1 unspecified atom stereocenters. The first-order chi connectivity index (χ1) is 13.3. The van der Waals surface area contributed by atoms with Crippen LogP contribution in [0.5, 0.6) is 0 Å². The number of nitrogen functional groups attached to an aromatic ring is 1. The van der Waals surface area contributed by atoms with Crippen LogP contribution in [0.4, 0.5) is 17.5 Å². The first kappa shape index (κ1) is 20.0. The molecule has 3 aromatic rings. The topological polar surface area (TPSA) is 155 Å². The number of nitrogens with zero attached hydrogens (tertiary/aromatic N) is 5. The van der Waals surface area contributed by atoms with E-state index in [-0.39, 0.29) is 12.5 Å². The summed E-state index contributed by atoms with van der Waals surface area (Å²) >= 11 is 3.73. The second-order valence-electron chi connectivity index (χ2n) is 5.76. The van der Waals surface area contributed by atoms with Gasteiger partial charge in [0.1, 0.15) is 11.6 Å². The number of aromatic nitrogens is 5. The van der Waals surface area contributed by atoms with Crippen molar-refractivity contribution >= 4 is 40.3 Å². The molecule has 0 spiro atoms. The molecule has 1 atom stereocenters. The lowest BCUT2D eigenvalue weighted by Gasteiger charge is -2.14. The average molecular weight is 420 g/mol. The van der Waals surface area contributed by atoms with E-state index in [1.165, 1.54) is 6.20 Å². The van der Waals surface area contributed by atoms with E-state index >= 15 is 0 Å². The molecule has 0 amide bonds. The van der Waals surface area contributed by atoms with Gasteiger partial charge in [0.25, 0.3) is 0 Å². The summed E-state index contributed by atoms with van der Waals surface area (Å²) in [6.07, 6.45) is 3.09. The minimum Gasteiger partial charge on any atom is -0.760 e. The number of hydrogen-bond acceptors (Lipinski definition) is 9. The molecule has 3 rings (SSSR count). The molecule has 28 heavy (non-hydrogen) atoms. The van der Waals surface area contributed by atoms with Crippen LogP contribution in [0.3, 0.4) is 0 Å². The SMILES string of the molecule is Cc1nc(N)nc(-c2cc(Cl)cnc2Nc2cnc(C)c(CNS(=O)[O-])c2)n1. The lowest BCUT2D eigenvalue weighted by atomic mass is 10.2. The Bertz CT molecular complexity index is 1030. The Morgan fingerprint density at radius 3 is 2.68 bits per heavy atom. The molecule has 0 aliphatic rings. The van der Waals surface area contributed by atoms with Crippen LogP contribution in [-0.4, -0.2) is 33.7 Å². The predicted octanol–water partition coefficient (Wildman–Crippen LogP) is 1.81. The van der Waals surface area contributed by atoms with Crippen molar-refractivity contribution in [2.75, 3.05) is 11.1 Å². The van der Waals surface area contributed by atoms with Crippen molar-refractivity contribution in [1.82, 2.24) is 29.6 Å². The van der Waals surface area contributed by atoms with Gasteiger partial charge in [-0.15, -0.1) is 0 Å². The van der Waals surface area contributed by atoms with Crippen LogP contribution in [-0.2, 0) is 17.8 Å². The van der Waals surface area contributed by atoms with E-state index in [0.717, 1.165) is 0 Å². The Balaban J connectivity index is 1.97. The molecule has 0 bridgehead atoms. The van der Waals surface area contributed by atoms with Crippen LogP contribution in [0.2, 0.25) is 5.02 Å². The number of nitrogens with two attached hydrogens (primary N) is 1. The van der Waals surface area contributed by atoms with Crippen LogP contribution >= 0.6 is 11.6 Å². The Kier molecular flexibility index (Phi) is 6.09. The third-order valence-corrected chi connectivity index (χ3v) is 4.28. The first-order valence-electron chi connectivity index (χ1n) is 8.01. The van der Waals surface area contributed by atoms with Crippen molar-refractivity contribution in [3.8, 4) is 11.4 Å². The third kappa shape index (κ3) is 4.95. The van der Waals surface area contributed by atoms with Crippen molar-refractivity contribution < 1.29 is 8.76 Å². The highest BCUT2D eigenvalue weighted by Gasteiger charge is 2.13. The second-order valence-corrected chi connectivity index (χ2v) is 6.96. The van der Waals surface area contributed by atoms with Gasteiger partial charge in [-0.05, 0) is 31.5 Å². The molecule has 4 N–H and O–H groups in total. The highest BCUT2D eigenvalue weighted by atomic mass is 35.5. The molecule has 0 saturated heterocycles. The van der Waals surface area contributed by atoms with E-state index in [2.05, 4.69) is 35.0 Å². The molecule has 0 aliphatic heterocycles. The van der Waals surface area contributed by atoms with E-state index in [0.29, 0.717) is 45.0 Å². The Labute approximate surface area is 168 Å². The molecule has 146 valence electrons. The van der Waals surface area contributed by atoms with Gasteiger partial charge in [-0.2, -0.15) is 9.97 Å². The Morgan fingerprint density at radius 1 is 1.18 bits per heavy atom. The summed E-state index contributed by atoms with van der Waals surface area (Å²) in [5, 5.41) is 3.54. The maximum absolute atomic E-state index is 10.7. The van der Waals surface area contributed by atoms with E-state index in [9.17, 15) is 8.76 Å². The quantitative estimate of drug-likeness (QED) is 0.507. The summed E-state index contributed by atoms with van der Waals surface area (Å²) in [6, 6.07) is 3.44. The zero-order valence-electron chi connectivity index (χ0n) is 14.9. The summed E-state index contributed by atoms with van der Waals surface area (Å²) in [5.74, 6) is 1.31. The number of pyridine rings is 2. The Hall–Kier alpha value is -2.73. The number of halogens is 1. The predicted molar refractivity (Wildman–Crippen MR) is 105 cm³/mol. The summed E-state index contributed by atoms with van der Waals surface area (Å²) in [7, 11) is 0. The van der Waals surface area contributed by atoms with Gasteiger partial charge in [0.2, 0.25) is 5.95 Å². The van der Waals surface area contributed by atoms with Crippen LogP contribution in [0, 0.1) is 13.8 Å². The van der Waals surface area contributed by atoms with Gasteiger partial charge in [-0.3, -0.25) is 9.19 Å². The van der Waals surface area contributed by atoms with E-state index in [4.69, 9.17) is 17.3 Å². The largest absolute Gasteiger partial charge is 0.760 e. The highest BCUT2D eigenvalue weighted by Crippen LogP contribution is 2.29. The lowest BCUT2D eigenvalue weighted by molar-refractivity contribution is 0.522. The van der Waals surface area contributed by atoms with Crippen LogP contribution < -0.4 is 15.8 Å². The minimum atomic E-state index is -2.36. The summed E-state index contributed by atoms with van der Waals surface area (Å²) in [6.45, 7) is 3.61. The fourth-order valence-electron chi connectivity index (χ4n) is 2.43. The number of anilines is 3.